The Morgan fingerprint density at radius 1 is 1.00 bits per heavy atom. The maximum Gasteiger partial charge on any atom is 0.224 e. The van der Waals surface area contributed by atoms with Crippen LogP contribution in [-0.2, 0) is 13.0 Å². The molecule has 0 atom stereocenters. The second kappa shape index (κ2) is 9.74. The molecule has 5 nitrogen and oxygen atoms in total. The summed E-state index contributed by atoms with van der Waals surface area (Å²) in [6.07, 6.45) is 2.66. The number of rotatable bonds is 9. The van der Waals surface area contributed by atoms with Crippen LogP contribution < -0.4 is 15.0 Å². The van der Waals surface area contributed by atoms with Crippen LogP contribution >= 0.6 is 0 Å². The van der Waals surface area contributed by atoms with Gasteiger partial charge < -0.3 is 15.0 Å². The summed E-state index contributed by atoms with van der Waals surface area (Å²) in [6.45, 7) is 5.92. The predicted octanol–water partition coefficient (Wildman–Crippen LogP) is 4.55. The minimum atomic E-state index is 0.330. The highest BCUT2D eigenvalue weighted by molar-refractivity contribution is 5.44. The van der Waals surface area contributed by atoms with E-state index in [-0.39, 0.29) is 0 Å². The highest BCUT2D eigenvalue weighted by Crippen LogP contribution is 2.20. The van der Waals surface area contributed by atoms with Crippen molar-refractivity contribution in [2.24, 2.45) is 0 Å². The van der Waals surface area contributed by atoms with Crippen LogP contribution in [0.25, 0.3) is 0 Å². The summed E-state index contributed by atoms with van der Waals surface area (Å²) < 4.78 is 5.42. The zero-order valence-electron chi connectivity index (χ0n) is 16.8. The summed E-state index contributed by atoms with van der Waals surface area (Å²) >= 11 is 0. The van der Waals surface area contributed by atoms with Gasteiger partial charge in [0.05, 0.1) is 7.11 Å². The van der Waals surface area contributed by atoms with Gasteiger partial charge in [-0.3, -0.25) is 0 Å². The van der Waals surface area contributed by atoms with Gasteiger partial charge in [-0.15, -0.1) is 0 Å². The summed E-state index contributed by atoms with van der Waals surface area (Å²) in [4.78, 5) is 11.4. The van der Waals surface area contributed by atoms with E-state index in [1.165, 1.54) is 11.1 Å². The maximum absolute atomic E-state index is 5.42. The average Bonchev–Trinajstić information content (AvgIpc) is 2.73. The van der Waals surface area contributed by atoms with Crippen molar-refractivity contribution >= 4 is 11.8 Å². The van der Waals surface area contributed by atoms with E-state index < -0.39 is 0 Å². The van der Waals surface area contributed by atoms with Gasteiger partial charge in [0, 0.05) is 25.3 Å². The van der Waals surface area contributed by atoms with Gasteiger partial charge in [0.25, 0.3) is 0 Å². The van der Waals surface area contributed by atoms with Gasteiger partial charge in [0.1, 0.15) is 11.6 Å². The molecule has 146 valence electrons. The van der Waals surface area contributed by atoms with Gasteiger partial charge in [-0.25, -0.2) is 4.98 Å². The standard InChI is InChI=1S/C23H28N4O/c1-18(2)27(17-19-9-5-4-6-10-19)22-14-16-25-23(26-22)24-15-13-20-11-7-8-12-21(20)28-3/h4-12,14,16,18H,13,15,17H2,1-3H3,(H,24,25,26). The van der Waals surface area contributed by atoms with Gasteiger partial charge in [0.2, 0.25) is 5.95 Å². The Balaban J connectivity index is 1.66. The number of hydrogen-bond donors (Lipinski definition) is 1. The molecule has 1 heterocycles. The molecule has 0 fully saturated rings. The molecule has 0 amide bonds. The molecule has 5 heteroatoms. The Bertz CT molecular complexity index is 867. The summed E-state index contributed by atoms with van der Waals surface area (Å²) in [7, 11) is 1.70. The number of para-hydroxylation sites is 1. The van der Waals surface area contributed by atoms with Crippen molar-refractivity contribution in [1.82, 2.24) is 9.97 Å². The third kappa shape index (κ3) is 5.22. The molecule has 0 bridgehead atoms. The third-order valence-electron chi connectivity index (χ3n) is 4.62. The first-order valence-corrected chi connectivity index (χ1v) is 9.66. The number of methoxy groups -OCH3 is 1. The molecule has 28 heavy (non-hydrogen) atoms. The van der Waals surface area contributed by atoms with E-state index in [9.17, 15) is 0 Å². The van der Waals surface area contributed by atoms with Crippen LogP contribution in [0.1, 0.15) is 25.0 Å². The Morgan fingerprint density at radius 3 is 2.50 bits per heavy atom. The van der Waals surface area contributed by atoms with Crippen molar-refractivity contribution in [3.63, 3.8) is 0 Å². The fraction of sp³-hybridized carbons (Fsp3) is 0.304. The first-order valence-electron chi connectivity index (χ1n) is 9.66. The molecule has 0 aliphatic carbocycles. The van der Waals surface area contributed by atoms with Gasteiger partial charge in [-0.05, 0) is 43.5 Å². The second-order valence-electron chi connectivity index (χ2n) is 6.93. The maximum atomic E-state index is 5.42. The zero-order valence-corrected chi connectivity index (χ0v) is 16.8. The zero-order chi connectivity index (χ0) is 19.8. The Kier molecular flexibility index (Phi) is 6.84. The van der Waals surface area contributed by atoms with Crippen molar-refractivity contribution in [3.05, 3.63) is 78.0 Å². The molecule has 0 aliphatic heterocycles. The number of benzene rings is 2. The van der Waals surface area contributed by atoms with Crippen LogP contribution in [0, 0.1) is 0 Å². The van der Waals surface area contributed by atoms with Crippen molar-refractivity contribution < 1.29 is 4.74 Å². The number of anilines is 2. The van der Waals surface area contributed by atoms with E-state index in [1.54, 1.807) is 7.11 Å². The van der Waals surface area contributed by atoms with E-state index in [0.29, 0.717) is 12.0 Å². The van der Waals surface area contributed by atoms with E-state index in [0.717, 1.165) is 31.1 Å². The fourth-order valence-electron chi connectivity index (χ4n) is 3.12. The van der Waals surface area contributed by atoms with Crippen LogP contribution in [0.15, 0.2) is 66.9 Å². The van der Waals surface area contributed by atoms with Crippen LogP contribution in [-0.4, -0.2) is 29.7 Å². The van der Waals surface area contributed by atoms with Crippen molar-refractivity contribution in [2.45, 2.75) is 32.9 Å². The molecule has 0 saturated heterocycles. The van der Waals surface area contributed by atoms with E-state index in [4.69, 9.17) is 9.72 Å². The highest BCUT2D eigenvalue weighted by atomic mass is 16.5. The average molecular weight is 377 g/mol. The molecule has 1 N–H and O–H groups in total. The van der Waals surface area contributed by atoms with Crippen molar-refractivity contribution in [3.8, 4) is 5.75 Å². The van der Waals surface area contributed by atoms with Crippen molar-refractivity contribution in [1.29, 1.82) is 0 Å². The van der Waals surface area contributed by atoms with Crippen LogP contribution in [0.3, 0.4) is 0 Å². The Labute approximate surface area is 167 Å². The molecule has 2 aromatic carbocycles. The number of nitrogens with one attached hydrogen (secondary N) is 1. The van der Waals surface area contributed by atoms with Crippen LogP contribution in [0.2, 0.25) is 0 Å². The first-order chi connectivity index (χ1) is 13.7. The fourth-order valence-corrected chi connectivity index (χ4v) is 3.12. The molecule has 0 unspecified atom stereocenters. The SMILES string of the molecule is COc1ccccc1CCNc1nccc(N(Cc2ccccc2)C(C)C)n1. The van der Waals surface area contributed by atoms with Gasteiger partial charge in [0.15, 0.2) is 0 Å². The molecule has 0 radical (unpaired) electrons. The molecular formula is C23H28N4O. The largest absolute Gasteiger partial charge is 0.496 e. The van der Waals surface area contributed by atoms with Gasteiger partial charge in [-0.2, -0.15) is 4.98 Å². The van der Waals surface area contributed by atoms with E-state index >= 15 is 0 Å². The summed E-state index contributed by atoms with van der Waals surface area (Å²) in [5, 5.41) is 3.34. The Hall–Kier alpha value is -3.08. The molecule has 0 aliphatic rings. The molecule has 1 aromatic heterocycles. The summed E-state index contributed by atoms with van der Waals surface area (Å²) in [5.41, 5.74) is 2.43. The lowest BCUT2D eigenvalue weighted by Gasteiger charge is -2.28. The van der Waals surface area contributed by atoms with E-state index in [1.807, 2.05) is 36.5 Å². The number of ether oxygens (including phenoxy) is 1. The lowest BCUT2D eigenvalue weighted by atomic mass is 10.1. The first kappa shape index (κ1) is 19.7. The molecule has 3 aromatic rings. The Morgan fingerprint density at radius 2 is 1.75 bits per heavy atom. The monoisotopic (exact) mass is 376 g/mol. The van der Waals surface area contributed by atoms with E-state index in [2.05, 4.69) is 59.4 Å². The normalized spacial score (nSPS) is 10.7. The second-order valence-corrected chi connectivity index (χ2v) is 6.93. The predicted molar refractivity (Wildman–Crippen MR) is 115 cm³/mol. The minimum Gasteiger partial charge on any atom is -0.496 e. The van der Waals surface area contributed by atoms with Crippen LogP contribution in [0.4, 0.5) is 11.8 Å². The number of aromatic nitrogens is 2. The molecule has 3 rings (SSSR count). The number of nitrogens with zero attached hydrogens (tertiary/aromatic N) is 3. The van der Waals surface area contributed by atoms with Gasteiger partial charge in [-0.1, -0.05) is 48.5 Å². The topological polar surface area (TPSA) is 50.3 Å². The quantitative estimate of drug-likeness (QED) is 0.593. The summed E-state index contributed by atoms with van der Waals surface area (Å²) in [5.74, 6) is 2.48. The lowest BCUT2D eigenvalue weighted by molar-refractivity contribution is 0.410. The smallest absolute Gasteiger partial charge is 0.224 e. The third-order valence-corrected chi connectivity index (χ3v) is 4.62. The lowest BCUT2D eigenvalue weighted by Crippen LogP contribution is -2.31. The number of hydrogen-bond acceptors (Lipinski definition) is 5. The summed E-state index contributed by atoms with van der Waals surface area (Å²) in [6, 6.07) is 20.8. The minimum absolute atomic E-state index is 0.330. The van der Waals surface area contributed by atoms with Crippen molar-refractivity contribution in [2.75, 3.05) is 23.9 Å². The molecule has 0 saturated carbocycles. The van der Waals surface area contributed by atoms with Crippen LogP contribution in [0.5, 0.6) is 5.75 Å². The molecule has 0 spiro atoms. The van der Waals surface area contributed by atoms with Gasteiger partial charge >= 0.3 is 0 Å². The molecular weight excluding hydrogens is 348 g/mol. The highest BCUT2D eigenvalue weighted by Gasteiger charge is 2.13.